The van der Waals surface area contributed by atoms with Crippen molar-refractivity contribution in [2.75, 3.05) is 11.1 Å². The molecule has 2 rings (SSSR count). The van der Waals surface area contributed by atoms with E-state index in [-0.39, 0.29) is 11.7 Å². The van der Waals surface area contributed by atoms with Gasteiger partial charge < -0.3 is 5.32 Å². The van der Waals surface area contributed by atoms with Gasteiger partial charge in [0.1, 0.15) is 5.82 Å². The molecule has 18 heavy (non-hydrogen) atoms. The van der Waals surface area contributed by atoms with Gasteiger partial charge in [-0.15, -0.1) is 0 Å². The van der Waals surface area contributed by atoms with Crippen molar-refractivity contribution in [3.05, 3.63) is 29.6 Å². The second-order valence-corrected chi connectivity index (χ2v) is 5.09. The van der Waals surface area contributed by atoms with Crippen LogP contribution in [0.15, 0.2) is 17.1 Å². The maximum Gasteiger partial charge on any atom is 0.161 e. The van der Waals surface area contributed by atoms with Gasteiger partial charge >= 0.3 is 0 Å². The molecule has 0 radical (unpaired) electrons. The predicted molar refractivity (Wildman–Crippen MR) is 68.5 cm³/mol. The number of halogens is 3. The van der Waals surface area contributed by atoms with Crippen LogP contribution in [0, 0.1) is 17.5 Å². The zero-order valence-electron chi connectivity index (χ0n) is 9.84. The molecular weight excluding hydrogens is 261 g/mol. The van der Waals surface area contributed by atoms with Crippen molar-refractivity contribution >= 4 is 22.6 Å². The molecule has 6 heteroatoms. The van der Waals surface area contributed by atoms with Crippen LogP contribution in [0.2, 0.25) is 0 Å². The number of thioether (sulfide) groups is 1. The number of nitrogens with zero attached hydrogens (tertiary/aromatic N) is 1. The lowest BCUT2D eigenvalue weighted by atomic mass is 10.2. The lowest BCUT2D eigenvalue weighted by Gasteiger charge is -2.19. The van der Waals surface area contributed by atoms with Crippen LogP contribution in [0.25, 0.3) is 0 Å². The van der Waals surface area contributed by atoms with Crippen molar-refractivity contribution in [1.82, 2.24) is 0 Å². The summed E-state index contributed by atoms with van der Waals surface area (Å²) in [5.41, 5.74) is -0.0862. The molecule has 0 saturated heterocycles. The van der Waals surface area contributed by atoms with Crippen molar-refractivity contribution in [2.24, 2.45) is 4.99 Å². The van der Waals surface area contributed by atoms with E-state index in [2.05, 4.69) is 10.3 Å². The Morgan fingerprint density at radius 2 is 2.00 bits per heavy atom. The number of hydrogen-bond acceptors (Lipinski definition) is 3. The highest BCUT2D eigenvalue weighted by atomic mass is 32.2. The Morgan fingerprint density at radius 1 is 1.28 bits per heavy atom. The highest BCUT2D eigenvalue weighted by Crippen LogP contribution is 2.24. The first kappa shape index (κ1) is 13.3. The van der Waals surface area contributed by atoms with Crippen LogP contribution >= 0.6 is 11.8 Å². The number of benzene rings is 1. The molecule has 0 aliphatic carbocycles. The maximum absolute atomic E-state index is 13.4. The van der Waals surface area contributed by atoms with Crippen LogP contribution in [0.5, 0.6) is 0 Å². The highest BCUT2D eigenvalue weighted by Gasteiger charge is 2.16. The third-order valence-corrected chi connectivity index (χ3v) is 3.63. The van der Waals surface area contributed by atoms with E-state index in [1.165, 1.54) is 11.8 Å². The minimum absolute atomic E-state index is 0.0862. The van der Waals surface area contributed by atoms with E-state index in [0.717, 1.165) is 24.7 Å². The van der Waals surface area contributed by atoms with E-state index in [4.69, 9.17) is 0 Å². The maximum atomic E-state index is 13.4. The average Bonchev–Trinajstić information content (AvgIpc) is 2.36. The molecule has 1 heterocycles. The molecule has 1 aliphatic heterocycles. The fraction of sp³-hybridized carbons (Fsp3) is 0.417. The number of aliphatic imine (C=N–C) groups is 1. The van der Waals surface area contributed by atoms with Gasteiger partial charge in [-0.1, -0.05) is 18.7 Å². The first-order chi connectivity index (χ1) is 8.60. The summed E-state index contributed by atoms with van der Waals surface area (Å²) in [6.07, 6.45) is 1.89. The first-order valence-corrected chi connectivity index (χ1v) is 6.71. The summed E-state index contributed by atoms with van der Waals surface area (Å²) in [7, 11) is 0. The van der Waals surface area contributed by atoms with Crippen LogP contribution in [-0.2, 0) is 0 Å². The van der Waals surface area contributed by atoms with Gasteiger partial charge in [-0.3, -0.25) is 4.99 Å². The van der Waals surface area contributed by atoms with Crippen LogP contribution in [-0.4, -0.2) is 17.0 Å². The summed E-state index contributed by atoms with van der Waals surface area (Å²) < 4.78 is 39.2. The SMILES string of the molecule is CCC1CCSC(Nc2cc(F)c(F)cc2F)=N1. The number of hydrogen-bond donors (Lipinski definition) is 1. The standard InChI is InChI=1S/C12H13F3N2S/c1-2-7-3-4-18-12(16-7)17-11-6-9(14)8(13)5-10(11)15/h5-7H,2-4H2,1H3,(H,16,17). The molecule has 0 fully saturated rings. The van der Waals surface area contributed by atoms with Crippen molar-refractivity contribution in [3.63, 3.8) is 0 Å². The number of nitrogens with one attached hydrogen (secondary N) is 1. The Kier molecular flexibility index (Phi) is 4.16. The van der Waals surface area contributed by atoms with Gasteiger partial charge in [0.15, 0.2) is 16.8 Å². The topological polar surface area (TPSA) is 24.4 Å². The Labute approximate surface area is 108 Å². The Bertz CT molecular complexity index is 477. The molecule has 0 aromatic heterocycles. The molecule has 98 valence electrons. The molecule has 1 aromatic carbocycles. The third-order valence-electron chi connectivity index (χ3n) is 2.71. The van der Waals surface area contributed by atoms with E-state index in [1.807, 2.05) is 6.92 Å². The minimum atomic E-state index is -1.19. The lowest BCUT2D eigenvalue weighted by molar-refractivity contribution is 0.496. The molecule has 0 amide bonds. The van der Waals surface area contributed by atoms with Gasteiger partial charge in [-0.2, -0.15) is 0 Å². The van der Waals surface area contributed by atoms with Crippen molar-refractivity contribution < 1.29 is 13.2 Å². The minimum Gasteiger partial charge on any atom is -0.332 e. The van der Waals surface area contributed by atoms with Crippen LogP contribution in [0.1, 0.15) is 19.8 Å². The smallest absolute Gasteiger partial charge is 0.161 e. The van der Waals surface area contributed by atoms with Crippen molar-refractivity contribution in [3.8, 4) is 0 Å². The molecule has 2 nitrogen and oxygen atoms in total. The number of amidine groups is 1. The molecule has 0 spiro atoms. The Balaban J connectivity index is 2.19. The van der Waals surface area contributed by atoms with Gasteiger partial charge in [-0.05, 0) is 12.8 Å². The summed E-state index contributed by atoms with van der Waals surface area (Å²) in [5, 5.41) is 3.27. The normalized spacial score (nSPS) is 19.6. The van der Waals surface area contributed by atoms with Gasteiger partial charge in [0.2, 0.25) is 0 Å². The monoisotopic (exact) mass is 274 g/mol. The van der Waals surface area contributed by atoms with E-state index in [0.29, 0.717) is 11.2 Å². The van der Waals surface area contributed by atoms with E-state index < -0.39 is 17.5 Å². The molecule has 1 atom stereocenters. The summed E-state index contributed by atoms with van der Waals surface area (Å²) in [6.45, 7) is 2.03. The predicted octanol–water partition coefficient (Wildman–Crippen LogP) is 3.79. The third kappa shape index (κ3) is 2.98. The summed E-state index contributed by atoms with van der Waals surface area (Å²) in [4.78, 5) is 4.37. The van der Waals surface area contributed by atoms with E-state index in [9.17, 15) is 13.2 Å². The molecule has 0 bridgehead atoms. The number of anilines is 1. The summed E-state index contributed by atoms with van der Waals surface area (Å²) in [5.74, 6) is -2.21. The van der Waals surface area contributed by atoms with Gasteiger partial charge in [-0.25, -0.2) is 13.2 Å². The highest BCUT2D eigenvalue weighted by molar-refractivity contribution is 8.14. The molecular formula is C12H13F3N2S. The Hall–Kier alpha value is -1.17. The van der Waals surface area contributed by atoms with E-state index >= 15 is 0 Å². The Morgan fingerprint density at radius 3 is 2.72 bits per heavy atom. The quantitative estimate of drug-likeness (QED) is 0.830. The zero-order chi connectivity index (χ0) is 13.1. The second kappa shape index (κ2) is 5.65. The van der Waals surface area contributed by atoms with E-state index in [1.54, 1.807) is 0 Å². The van der Waals surface area contributed by atoms with Crippen LogP contribution < -0.4 is 5.32 Å². The lowest BCUT2D eigenvalue weighted by Crippen LogP contribution is -2.20. The number of rotatable bonds is 2. The molecule has 1 unspecified atom stereocenters. The summed E-state index contributed by atoms with van der Waals surface area (Å²) >= 11 is 1.45. The van der Waals surface area contributed by atoms with Crippen molar-refractivity contribution in [2.45, 2.75) is 25.8 Å². The largest absolute Gasteiger partial charge is 0.332 e. The zero-order valence-corrected chi connectivity index (χ0v) is 10.7. The fourth-order valence-corrected chi connectivity index (χ4v) is 2.65. The van der Waals surface area contributed by atoms with Crippen LogP contribution in [0.4, 0.5) is 18.9 Å². The van der Waals surface area contributed by atoms with Crippen molar-refractivity contribution in [1.29, 1.82) is 0 Å². The molecule has 0 saturated carbocycles. The van der Waals surface area contributed by atoms with Gasteiger partial charge in [0, 0.05) is 17.9 Å². The summed E-state index contributed by atoms with van der Waals surface area (Å²) in [6, 6.07) is 1.55. The van der Waals surface area contributed by atoms with Crippen LogP contribution in [0.3, 0.4) is 0 Å². The molecule has 1 aliphatic rings. The van der Waals surface area contributed by atoms with Gasteiger partial charge in [0.25, 0.3) is 0 Å². The van der Waals surface area contributed by atoms with Gasteiger partial charge in [0.05, 0.1) is 11.7 Å². The second-order valence-electron chi connectivity index (χ2n) is 4.00. The molecule has 1 aromatic rings. The first-order valence-electron chi connectivity index (χ1n) is 5.72. The fourth-order valence-electron chi connectivity index (χ4n) is 1.66. The molecule has 1 N–H and O–H groups in total. The average molecular weight is 274 g/mol.